The van der Waals surface area contributed by atoms with Crippen molar-refractivity contribution in [2.45, 2.75) is 66.3 Å². The summed E-state index contributed by atoms with van der Waals surface area (Å²) in [6.07, 6.45) is 4.74. The molecule has 2 fully saturated rings. The van der Waals surface area contributed by atoms with Crippen molar-refractivity contribution in [1.82, 2.24) is 5.48 Å². The number of amides is 1. The Kier molecular flexibility index (Phi) is 8.18. The number of ether oxygens (including phenoxy) is 2. The lowest BCUT2D eigenvalue weighted by molar-refractivity contribution is -0.134. The van der Waals surface area contributed by atoms with Gasteiger partial charge in [0.2, 0.25) is 0 Å². The molecular weight excluding hydrogens is 458 g/mol. The molecule has 11 heteroatoms. The van der Waals surface area contributed by atoms with E-state index in [0.717, 1.165) is 32.1 Å². The lowest BCUT2D eigenvalue weighted by atomic mass is 9.98. The molecule has 2 aliphatic rings. The smallest absolute Gasteiger partial charge is 0.265 e. The van der Waals surface area contributed by atoms with Crippen LogP contribution in [0.25, 0.3) is 0 Å². The van der Waals surface area contributed by atoms with Gasteiger partial charge in [0.15, 0.2) is 24.4 Å². The summed E-state index contributed by atoms with van der Waals surface area (Å²) in [6.45, 7) is 0.390. The van der Waals surface area contributed by atoms with Crippen LogP contribution in [0.4, 0.5) is 0 Å². The summed E-state index contributed by atoms with van der Waals surface area (Å²) in [4.78, 5) is 12.2. The van der Waals surface area contributed by atoms with E-state index in [4.69, 9.17) is 14.7 Å². The Labute approximate surface area is 189 Å². The number of hydrogen-bond acceptors (Lipinski definition) is 8. The maximum atomic E-state index is 13.2. The first-order valence-corrected chi connectivity index (χ1v) is 14.1. The van der Waals surface area contributed by atoms with Crippen LogP contribution in [0.2, 0.25) is 0 Å². The molecule has 0 unspecified atom stereocenters. The molecule has 32 heavy (non-hydrogen) atoms. The standard InChI is InChI=1S/C21H31NO8S2/c23-20(22-24)21(11-14-29-15-12-21)32(27,28)19-9-7-17(8-10-19)30-13-4-16-31(25,26)18-5-2-1-3-6-18/h7-10,18,24H,1-6,11-16H2,(H,22,23). The maximum Gasteiger partial charge on any atom is 0.265 e. The van der Waals surface area contributed by atoms with Crippen molar-refractivity contribution >= 4 is 25.6 Å². The summed E-state index contributed by atoms with van der Waals surface area (Å²) in [5.74, 6) is -0.489. The van der Waals surface area contributed by atoms with Crippen LogP contribution in [0.1, 0.15) is 51.4 Å². The molecule has 1 amide bonds. The fraction of sp³-hybridized carbons (Fsp3) is 0.667. The Bertz CT molecular complexity index is 977. The van der Waals surface area contributed by atoms with E-state index < -0.39 is 30.3 Å². The average molecular weight is 490 g/mol. The van der Waals surface area contributed by atoms with Gasteiger partial charge in [-0.05, 0) is 56.4 Å². The first-order valence-electron chi connectivity index (χ1n) is 10.9. The lowest BCUT2D eigenvalue weighted by Gasteiger charge is -2.34. The maximum absolute atomic E-state index is 13.2. The van der Waals surface area contributed by atoms with E-state index >= 15 is 0 Å². The Morgan fingerprint density at radius 1 is 1.06 bits per heavy atom. The quantitative estimate of drug-likeness (QED) is 0.305. The molecule has 0 radical (unpaired) electrons. The molecule has 0 spiro atoms. The molecule has 0 aromatic heterocycles. The lowest BCUT2D eigenvalue weighted by Crippen LogP contribution is -2.54. The SMILES string of the molecule is O=C(NO)C1(S(=O)(=O)c2ccc(OCCCS(=O)(=O)C3CCCCC3)cc2)CCOCC1. The van der Waals surface area contributed by atoms with Gasteiger partial charge in [-0.25, -0.2) is 22.3 Å². The van der Waals surface area contributed by atoms with Crippen molar-refractivity contribution in [2.24, 2.45) is 0 Å². The topological polar surface area (TPSA) is 136 Å². The Balaban J connectivity index is 1.60. The van der Waals surface area contributed by atoms with Crippen LogP contribution in [-0.2, 0) is 29.2 Å². The van der Waals surface area contributed by atoms with Crippen molar-refractivity contribution in [3.05, 3.63) is 24.3 Å². The van der Waals surface area contributed by atoms with Crippen LogP contribution in [0.5, 0.6) is 5.75 Å². The van der Waals surface area contributed by atoms with E-state index in [1.165, 1.54) is 29.7 Å². The predicted octanol–water partition coefficient (Wildman–Crippen LogP) is 2.03. The molecule has 1 heterocycles. The molecule has 1 saturated carbocycles. The van der Waals surface area contributed by atoms with Gasteiger partial charge in [-0.15, -0.1) is 0 Å². The van der Waals surface area contributed by atoms with Crippen LogP contribution < -0.4 is 10.2 Å². The molecule has 1 aliphatic carbocycles. The highest BCUT2D eigenvalue weighted by Crippen LogP contribution is 2.35. The van der Waals surface area contributed by atoms with Gasteiger partial charge in [0, 0.05) is 13.2 Å². The van der Waals surface area contributed by atoms with Gasteiger partial charge in [-0.3, -0.25) is 10.0 Å². The molecule has 0 bridgehead atoms. The highest BCUT2D eigenvalue weighted by molar-refractivity contribution is 7.93. The second-order valence-electron chi connectivity index (χ2n) is 8.35. The highest BCUT2D eigenvalue weighted by atomic mass is 32.2. The van der Waals surface area contributed by atoms with Gasteiger partial charge < -0.3 is 9.47 Å². The molecule has 1 aromatic carbocycles. The molecule has 9 nitrogen and oxygen atoms in total. The first-order chi connectivity index (χ1) is 15.2. The van der Waals surface area contributed by atoms with Gasteiger partial charge in [0.05, 0.1) is 22.5 Å². The van der Waals surface area contributed by atoms with E-state index in [1.807, 2.05) is 0 Å². The number of rotatable bonds is 9. The molecule has 1 aliphatic heterocycles. The molecule has 1 saturated heterocycles. The number of nitrogens with one attached hydrogen (secondary N) is 1. The van der Waals surface area contributed by atoms with E-state index in [-0.39, 0.29) is 48.6 Å². The number of hydrogen-bond donors (Lipinski definition) is 2. The molecule has 1 aromatic rings. The van der Waals surface area contributed by atoms with Gasteiger partial charge >= 0.3 is 0 Å². The third-order valence-electron chi connectivity index (χ3n) is 6.37. The summed E-state index contributed by atoms with van der Waals surface area (Å²) in [7, 11) is -7.22. The van der Waals surface area contributed by atoms with E-state index in [1.54, 1.807) is 0 Å². The number of sulfone groups is 2. The molecule has 180 valence electrons. The van der Waals surface area contributed by atoms with Crippen molar-refractivity contribution in [2.75, 3.05) is 25.6 Å². The number of carbonyl (C=O) groups excluding carboxylic acids is 1. The fourth-order valence-electron chi connectivity index (χ4n) is 4.40. The molecular formula is C21H31NO8S2. The van der Waals surface area contributed by atoms with Crippen LogP contribution in [0, 0.1) is 0 Å². The Hall–Kier alpha value is -1.69. The minimum Gasteiger partial charge on any atom is -0.494 e. The van der Waals surface area contributed by atoms with Crippen molar-refractivity contribution in [1.29, 1.82) is 0 Å². The zero-order chi connectivity index (χ0) is 23.2. The number of hydroxylamine groups is 1. The zero-order valence-corrected chi connectivity index (χ0v) is 19.6. The van der Waals surface area contributed by atoms with Crippen LogP contribution in [0.3, 0.4) is 0 Å². The number of carbonyl (C=O) groups is 1. The molecule has 0 atom stereocenters. The van der Waals surface area contributed by atoms with Crippen LogP contribution >= 0.6 is 0 Å². The third kappa shape index (κ3) is 5.27. The van der Waals surface area contributed by atoms with Crippen molar-refractivity contribution in [3.8, 4) is 5.75 Å². The third-order valence-corrected chi connectivity index (χ3v) is 11.2. The van der Waals surface area contributed by atoms with E-state index in [2.05, 4.69) is 0 Å². The van der Waals surface area contributed by atoms with Crippen LogP contribution in [0.15, 0.2) is 29.2 Å². The van der Waals surface area contributed by atoms with Gasteiger partial charge in [0.1, 0.15) is 5.75 Å². The minimum absolute atomic E-state index is 0.0600. The van der Waals surface area contributed by atoms with Gasteiger partial charge in [-0.1, -0.05) is 19.3 Å². The predicted molar refractivity (Wildman–Crippen MR) is 117 cm³/mol. The normalized spacial score (nSPS) is 19.9. The summed E-state index contributed by atoms with van der Waals surface area (Å²) >= 11 is 0. The number of benzene rings is 1. The second-order valence-corrected chi connectivity index (χ2v) is 13.0. The largest absolute Gasteiger partial charge is 0.494 e. The Morgan fingerprint density at radius 3 is 2.28 bits per heavy atom. The zero-order valence-electron chi connectivity index (χ0n) is 18.0. The average Bonchev–Trinajstić information content (AvgIpc) is 2.82. The minimum atomic E-state index is -4.10. The van der Waals surface area contributed by atoms with E-state index in [9.17, 15) is 21.6 Å². The summed E-state index contributed by atoms with van der Waals surface area (Å²) in [5, 5.41) is 8.86. The monoisotopic (exact) mass is 489 g/mol. The van der Waals surface area contributed by atoms with Gasteiger partial charge in [0.25, 0.3) is 5.91 Å². The Morgan fingerprint density at radius 2 is 1.69 bits per heavy atom. The second kappa shape index (κ2) is 10.5. The van der Waals surface area contributed by atoms with Gasteiger partial charge in [-0.2, -0.15) is 0 Å². The van der Waals surface area contributed by atoms with Crippen molar-refractivity contribution in [3.63, 3.8) is 0 Å². The molecule has 3 rings (SSSR count). The van der Waals surface area contributed by atoms with Crippen LogP contribution in [-0.4, -0.2) is 63.5 Å². The highest BCUT2D eigenvalue weighted by Gasteiger charge is 2.52. The first kappa shape index (κ1) is 24.9. The molecule has 2 N–H and O–H groups in total. The summed E-state index contributed by atoms with van der Waals surface area (Å²) in [5.41, 5.74) is 1.49. The van der Waals surface area contributed by atoms with Crippen molar-refractivity contribution < 1.29 is 36.3 Å². The summed E-state index contributed by atoms with van der Waals surface area (Å²) in [6, 6.07) is 5.66. The van der Waals surface area contributed by atoms with E-state index in [0.29, 0.717) is 12.2 Å². The fourth-order valence-corrected chi connectivity index (χ4v) is 8.25. The summed E-state index contributed by atoms with van der Waals surface area (Å²) < 4.78 is 60.3.